The maximum absolute atomic E-state index is 7.26. The first kappa shape index (κ1) is 26.0. The molecule has 0 nitrogen and oxygen atoms in total. The molecule has 8 rings (SSSR count). The van der Waals surface area contributed by atoms with Crippen LogP contribution in [0.2, 0.25) is 10.0 Å². The van der Waals surface area contributed by atoms with Crippen LogP contribution >= 0.6 is 23.2 Å². The monoisotopic (exact) mass is 588 g/mol. The van der Waals surface area contributed by atoms with Gasteiger partial charge in [-0.1, -0.05) is 163 Å². The number of rotatable bonds is 4. The molecule has 1 aliphatic rings. The molecular weight excluding hydrogens is 563 g/mol. The van der Waals surface area contributed by atoms with Gasteiger partial charge in [0.1, 0.15) is 0 Å². The molecule has 7 aromatic rings. The summed E-state index contributed by atoms with van der Waals surface area (Å²) in [6.07, 6.45) is 0. The van der Waals surface area contributed by atoms with Crippen LogP contribution in [0.4, 0.5) is 0 Å². The first-order chi connectivity index (χ1) is 21.2. The molecule has 0 saturated carbocycles. The van der Waals surface area contributed by atoms with Gasteiger partial charge in [0.05, 0.1) is 10.4 Å². The summed E-state index contributed by atoms with van der Waals surface area (Å²) in [6.45, 7) is 0. The second-order valence-corrected chi connectivity index (χ2v) is 11.9. The highest BCUT2D eigenvalue weighted by Crippen LogP contribution is 2.56. The quantitative estimate of drug-likeness (QED) is 0.192. The Balaban J connectivity index is 1.33. The van der Waals surface area contributed by atoms with E-state index in [1.807, 2.05) is 12.1 Å². The standard InChI is InChI=1S/C41H26Cl2/c42-39-22-9-12-27-25-29(23-24-32(27)39)34-19-10-18-33(40(34)43)28-11-8-15-31(26-28)41(30-13-2-1-3-14-30)37-20-6-4-16-35(37)36-17-5-7-21-38(36)41/h1-26H. The van der Waals surface area contributed by atoms with E-state index < -0.39 is 5.41 Å². The van der Waals surface area contributed by atoms with Crippen LogP contribution in [0, 0.1) is 0 Å². The summed E-state index contributed by atoms with van der Waals surface area (Å²) in [5.74, 6) is 0. The molecule has 1 aliphatic carbocycles. The van der Waals surface area contributed by atoms with Crippen LogP contribution in [0.1, 0.15) is 22.3 Å². The smallest absolute Gasteiger partial charge is 0.0713 e. The van der Waals surface area contributed by atoms with Gasteiger partial charge in [0.2, 0.25) is 0 Å². The Morgan fingerprint density at radius 1 is 0.395 bits per heavy atom. The second-order valence-electron chi connectivity index (χ2n) is 11.1. The third-order valence-electron chi connectivity index (χ3n) is 8.90. The van der Waals surface area contributed by atoms with Gasteiger partial charge in [-0.25, -0.2) is 0 Å². The van der Waals surface area contributed by atoms with E-state index in [1.54, 1.807) is 0 Å². The van der Waals surface area contributed by atoms with E-state index in [1.165, 1.54) is 33.4 Å². The summed E-state index contributed by atoms with van der Waals surface area (Å²) in [6, 6.07) is 56.1. The van der Waals surface area contributed by atoms with Gasteiger partial charge in [0, 0.05) is 21.5 Å². The van der Waals surface area contributed by atoms with Crippen molar-refractivity contribution in [3.63, 3.8) is 0 Å². The fourth-order valence-corrected chi connectivity index (χ4v) is 7.61. The van der Waals surface area contributed by atoms with Crippen molar-refractivity contribution in [2.45, 2.75) is 5.41 Å². The van der Waals surface area contributed by atoms with Gasteiger partial charge in [-0.2, -0.15) is 0 Å². The van der Waals surface area contributed by atoms with E-state index >= 15 is 0 Å². The number of benzene rings is 7. The molecule has 0 N–H and O–H groups in total. The molecule has 204 valence electrons. The van der Waals surface area contributed by atoms with Crippen molar-refractivity contribution in [3.05, 3.63) is 190 Å². The highest BCUT2D eigenvalue weighted by Gasteiger charge is 2.45. The van der Waals surface area contributed by atoms with Crippen LogP contribution in [0.15, 0.2) is 158 Å². The fraction of sp³-hybridized carbons (Fsp3) is 0.0244. The molecule has 0 saturated heterocycles. The third-order valence-corrected chi connectivity index (χ3v) is 9.64. The van der Waals surface area contributed by atoms with E-state index in [0.29, 0.717) is 0 Å². The molecule has 0 spiro atoms. The average Bonchev–Trinajstić information content (AvgIpc) is 3.37. The van der Waals surface area contributed by atoms with Crippen LogP contribution in [0.5, 0.6) is 0 Å². The summed E-state index contributed by atoms with van der Waals surface area (Å²) in [7, 11) is 0. The van der Waals surface area contributed by atoms with Gasteiger partial charge in [-0.05, 0) is 68.1 Å². The summed E-state index contributed by atoms with van der Waals surface area (Å²) in [4.78, 5) is 0. The van der Waals surface area contributed by atoms with E-state index in [9.17, 15) is 0 Å². The number of hydrogen-bond donors (Lipinski definition) is 0. The van der Waals surface area contributed by atoms with Gasteiger partial charge in [0.25, 0.3) is 0 Å². The molecule has 2 heteroatoms. The molecule has 0 fully saturated rings. The van der Waals surface area contributed by atoms with E-state index in [4.69, 9.17) is 23.2 Å². The van der Waals surface area contributed by atoms with Crippen molar-refractivity contribution in [3.8, 4) is 33.4 Å². The summed E-state index contributed by atoms with van der Waals surface area (Å²) < 4.78 is 0. The Hall–Kier alpha value is -4.62. The van der Waals surface area contributed by atoms with Crippen molar-refractivity contribution in [1.82, 2.24) is 0 Å². The van der Waals surface area contributed by atoms with Crippen LogP contribution < -0.4 is 0 Å². The van der Waals surface area contributed by atoms with Crippen molar-refractivity contribution < 1.29 is 0 Å². The Morgan fingerprint density at radius 2 is 0.953 bits per heavy atom. The summed E-state index contributed by atoms with van der Waals surface area (Å²) in [5.41, 5.74) is 11.3. The Bertz CT molecular complexity index is 2110. The van der Waals surface area contributed by atoms with Crippen molar-refractivity contribution >= 4 is 34.0 Å². The van der Waals surface area contributed by atoms with Gasteiger partial charge in [0.15, 0.2) is 0 Å². The number of halogens is 2. The lowest BCUT2D eigenvalue weighted by atomic mass is 9.67. The molecule has 0 bridgehead atoms. The van der Waals surface area contributed by atoms with Crippen LogP contribution in [-0.4, -0.2) is 0 Å². The normalized spacial score (nSPS) is 13.1. The summed E-state index contributed by atoms with van der Waals surface area (Å²) >= 11 is 13.7. The Labute approximate surface area is 261 Å². The van der Waals surface area contributed by atoms with Gasteiger partial charge >= 0.3 is 0 Å². The lowest BCUT2D eigenvalue weighted by Gasteiger charge is -2.34. The zero-order valence-electron chi connectivity index (χ0n) is 23.3. The molecule has 0 aliphatic heterocycles. The van der Waals surface area contributed by atoms with Crippen molar-refractivity contribution in [2.24, 2.45) is 0 Å². The van der Waals surface area contributed by atoms with Gasteiger partial charge < -0.3 is 0 Å². The minimum absolute atomic E-state index is 0.452. The molecule has 0 heterocycles. The first-order valence-corrected chi connectivity index (χ1v) is 15.2. The second kappa shape index (κ2) is 10.3. The Kier molecular flexibility index (Phi) is 6.22. The maximum Gasteiger partial charge on any atom is 0.0713 e. The van der Waals surface area contributed by atoms with Gasteiger partial charge in [-0.15, -0.1) is 0 Å². The maximum atomic E-state index is 7.26. The number of hydrogen-bond acceptors (Lipinski definition) is 0. The molecule has 0 unspecified atom stereocenters. The topological polar surface area (TPSA) is 0 Å². The number of fused-ring (bicyclic) bond motifs is 4. The minimum atomic E-state index is -0.452. The van der Waals surface area contributed by atoms with Gasteiger partial charge in [-0.3, -0.25) is 0 Å². The zero-order valence-corrected chi connectivity index (χ0v) is 24.8. The van der Waals surface area contributed by atoms with Crippen LogP contribution in [0.25, 0.3) is 44.2 Å². The van der Waals surface area contributed by atoms with E-state index in [0.717, 1.165) is 43.1 Å². The lowest BCUT2D eigenvalue weighted by Crippen LogP contribution is -2.28. The lowest BCUT2D eigenvalue weighted by molar-refractivity contribution is 0.769. The van der Waals surface area contributed by atoms with E-state index in [2.05, 4.69) is 146 Å². The third kappa shape index (κ3) is 3.98. The van der Waals surface area contributed by atoms with Crippen LogP contribution in [-0.2, 0) is 5.41 Å². The highest BCUT2D eigenvalue weighted by atomic mass is 35.5. The molecule has 0 atom stereocenters. The average molecular weight is 590 g/mol. The predicted octanol–water partition coefficient (Wildman–Crippen LogP) is 11.8. The first-order valence-electron chi connectivity index (χ1n) is 14.5. The Morgan fingerprint density at radius 3 is 1.67 bits per heavy atom. The molecule has 43 heavy (non-hydrogen) atoms. The largest absolute Gasteiger partial charge is 0.0837 e. The summed E-state index contributed by atoms with van der Waals surface area (Å²) in [5, 5.41) is 3.62. The molecular formula is C41H26Cl2. The fourth-order valence-electron chi connectivity index (χ4n) is 7.02. The highest BCUT2D eigenvalue weighted by molar-refractivity contribution is 6.36. The molecule has 0 radical (unpaired) electrons. The minimum Gasteiger partial charge on any atom is -0.0837 e. The predicted molar refractivity (Wildman–Crippen MR) is 182 cm³/mol. The molecule has 0 amide bonds. The SMILES string of the molecule is Clc1c(-c2cccc(C3(c4ccccc4)c4ccccc4-c4ccccc43)c2)cccc1-c1ccc2c(Cl)cccc2c1. The molecule has 0 aromatic heterocycles. The van der Waals surface area contributed by atoms with Crippen LogP contribution in [0.3, 0.4) is 0 Å². The zero-order chi connectivity index (χ0) is 29.0. The molecule has 7 aromatic carbocycles. The van der Waals surface area contributed by atoms with Crippen molar-refractivity contribution in [2.75, 3.05) is 0 Å². The van der Waals surface area contributed by atoms with E-state index in [-0.39, 0.29) is 0 Å². The van der Waals surface area contributed by atoms with Crippen molar-refractivity contribution in [1.29, 1.82) is 0 Å².